The van der Waals surface area contributed by atoms with Crippen molar-refractivity contribution in [2.24, 2.45) is 5.92 Å². The van der Waals surface area contributed by atoms with Crippen LogP contribution in [0.15, 0.2) is 5.38 Å². The van der Waals surface area contributed by atoms with Crippen molar-refractivity contribution in [3.05, 3.63) is 11.1 Å². The van der Waals surface area contributed by atoms with Crippen LogP contribution in [0.5, 0.6) is 0 Å². The number of thiazole rings is 1. The number of piperidine rings is 1. The first kappa shape index (κ1) is 14.3. The van der Waals surface area contributed by atoms with Crippen molar-refractivity contribution in [1.29, 1.82) is 0 Å². The van der Waals surface area contributed by atoms with Gasteiger partial charge in [0.25, 0.3) is 0 Å². The van der Waals surface area contributed by atoms with Crippen LogP contribution >= 0.6 is 11.3 Å². The predicted molar refractivity (Wildman–Crippen MR) is 76.5 cm³/mol. The quantitative estimate of drug-likeness (QED) is 0.894. The Morgan fingerprint density at radius 1 is 1.63 bits per heavy atom. The Morgan fingerprint density at radius 3 is 2.84 bits per heavy atom. The Balaban J connectivity index is 1.84. The van der Waals surface area contributed by atoms with Gasteiger partial charge in [-0.1, -0.05) is 6.92 Å². The summed E-state index contributed by atoms with van der Waals surface area (Å²) in [4.78, 5) is 18.2. The first-order valence-corrected chi connectivity index (χ1v) is 7.66. The van der Waals surface area contributed by atoms with Crippen LogP contribution in [0, 0.1) is 5.92 Å². The molecule has 1 fully saturated rings. The number of anilines is 1. The van der Waals surface area contributed by atoms with Gasteiger partial charge in [0, 0.05) is 18.5 Å². The molecule has 0 aromatic carbocycles. The van der Waals surface area contributed by atoms with Gasteiger partial charge in [-0.05, 0) is 32.1 Å². The van der Waals surface area contributed by atoms with Crippen LogP contribution in [-0.2, 0) is 6.42 Å². The molecule has 0 saturated carbocycles. The van der Waals surface area contributed by atoms with Gasteiger partial charge in [-0.25, -0.2) is 9.78 Å². The summed E-state index contributed by atoms with van der Waals surface area (Å²) in [6, 6.07) is -0.0824. The number of likely N-dealkylation sites (tertiary alicyclic amines) is 1. The molecule has 0 aliphatic carbocycles. The minimum absolute atomic E-state index is 0.0824. The third kappa shape index (κ3) is 3.67. The summed E-state index contributed by atoms with van der Waals surface area (Å²) in [6.07, 6.45) is 2.33. The first-order valence-electron chi connectivity index (χ1n) is 6.78. The zero-order valence-corrected chi connectivity index (χ0v) is 12.2. The molecule has 1 aromatic heterocycles. The number of nitrogens with one attached hydrogen (secondary N) is 1. The third-order valence-corrected chi connectivity index (χ3v) is 4.44. The van der Waals surface area contributed by atoms with Gasteiger partial charge in [-0.15, -0.1) is 11.3 Å². The number of aliphatic hydroxyl groups is 1. The Hall–Kier alpha value is -1.14. The molecule has 1 unspecified atom stereocenters. The van der Waals surface area contributed by atoms with Crippen LogP contribution in [0.3, 0.4) is 0 Å². The topological polar surface area (TPSA) is 65.5 Å². The minimum atomic E-state index is -0.281. The maximum Gasteiger partial charge on any atom is 0.323 e. The van der Waals surface area contributed by atoms with Crippen LogP contribution in [0.1, 0.15) is 32.4 Å². The lowest BCUT2D eigenvalue weighted by atomic mass is 9.92. The first-order chi connectivity index (χ1) is 9.10. The highest BCUT2D eigenvalue weighted by Gasteiger charge is 2.25. The van der Waals surface area contributed by atoms with Gasteiger partial charge in [0.1, 0.15) is 0 Å². The van der Waals surface area contributed by atoms with E-state index >= 15 is 0 Å². The summed E-state index contributed by atoms with van der Waals surface area (Å²) in [7, 11) is 0. The maximum atomic E-state index is 12.1. The fourth-order valence-corrected chi connectivity index (χ4v) is 3.07. The summed E-state index contributed by atoms with van der Waals surface area (Å²) in [5.41, 5.74) is 1.01. The molecule has 0 bridgehead atoms. The van der Waals surface area contributed by atoms with E-state index in [1.165, 1.54) is 11.3 Å². The van der Waals surface area contributed by atoms with Crippen molar-refractivity contribution in [2.75, 3.05) is 18.4 Å². The highest BCUT2D eigenvalue weighted by Crippen LogP contribution is 2.22. The van der Waals surface area contributed by atoms with Gasteiger partial charge in [0.05, 0.1) is 11.8 Å². The zero-order valence-electron chi connectivity index (χ0n) is 11.4. The molecule has 2 heterocycles. The second-order valence-corrected chi connectivity index (χ2v) is 5.85. The lowest BCUT2D eigenvalue weighted by Gasteiger charge is -2.32. The third-order valence-electron chi connectivity index (χ3n) is 3.64. The van der Waals surface area contributed by atoms with Crippen molar-refractivity contribution >= 4 is 22.5 Å². The number of aliphatic hydroxyl groups excluding tert-OH is 1. The molecule has 1 saturated heterocycles. The molecule has 2 rings (SSSR count). The second-order valence-electron chi connectivity index (χ2n) is 4.99. The Morgan fingerprint density at radius 2 is 2.32 bits per heavy atom. The van der Waals surface area contributed by atoms with Crippen molar-refractivity contribution in [3.63, 3.8) is 0 Å². The summed E-state index contributed by atoms with van der Waals surface area (Å²) in [5, 5.41) is 15.0. The van der Waals surface area contributed by atoms with E-state index in [1.54, 1.807) is 4.90 Å². The predicted octanol–water partition coefficient (Wildman–Crippen LogP) is 2.33. The molecule has 2 amide bonds. The second kappa shape index (κ2) is 6.34. The highest BCUT2D eigenvalue weighted by molar-refractivity contribution is 7.13. The molecule has 5 nitrogen and oxygen atoms in total. The van der Waals surface area contributed by atoms with E-state index in [2.05, 4.69) is 10.3 Å². The standard InChI is InChI=1S/C13H21N3O2S/c1-3-11-8-19-12(14-11)15-13(18)16-6-4-10(5-7-16)9(2)17/h8-10,17H,3-7H2,1-2H3,(H,14,15,18). The number of rotatable bonds is 3. The summed E-state index contributed by atoms with van der Waals surface area (Å²) in [6.45, 7) is 5.27. The lowest BCUT2D eigenvalue weighted by molar-refractivity contribution is 0.0820. The van der Waals surface area contributed by atoms with E-state index in [4.69, 9.17) is 0 Å². The molecule has 0 spiro atoms. The number of aryl methyl sites for hydroxylation is 1. The summed E-state index contributed by atoms with van der Waals surface area (Å²) >= 11 is 1.46. The molecule has 1 aliphatic rings. The number of urea groups is 1. The number of hydrogen-bond donors (Lipinski definition) is 2. The molecule has 6 heteroatoms. The molecule has 106 valence electrons. The van der Waals surface area contributed by atoms with Gasteiger partial charge < -0.3 is 10.0 Å². The smallest absolute Gasteiger partial charge is 0.323 e. The van der Waals surface area contributed by atoms with E-state index in [-0.39, 0.29) is 12.1 Å². The monoisotopic (exact) mass is 283 g/mol. The van der Waals surface area contributed by atoms with Crippen LogP contribution < -0.4 is 5.32 Å². The molecule has 1 aliphatic heterocycles. The SMILES string of the molecule is CCc1csc(NC(=O)N2CCC(C(C)O)CC2)n1. The minimum Gasteiger partial charge on any atom is -0.393 e. The van der Waals surface area contributed by atoms with Gasteiger partial charge in [-0.3, -0.25) is 5.32 Å². The van der Waals surface area contributed by atoms with Crippen molar-refractivity contribution in [1.82, 2.24) is 9.88 Å². The van der Waals surface area contributed by atoms with Crippen LogP contribution in [0.2, 0.25) is 0 Å². The van der Waals surface area contributed by atoms with E-state index in [0.29, 0.717) is 24.1 Å². The van der Waals surface area contributed by atoms with Crippen LogP contribution in [0.25, 0.3) is 0 Å². The molecule has 1 atom stereocenters. The van der Waals surface area contributed by atoms with E-state index in [9.17, 15) is 9.90 Å². The Kier molecular flexibility index (Phi) is 4.76. The largest absolute Gasteiger partial charge is 0.393 e. The van der Waals surface area contributed by atoms with Crippen molar-refractivity contribution < 1.29 is 9.90 Å². The van der Waals surface area contributed by atoms with Gasteiger partial charge >= 0.3 is 6.03 Å². The number of hydrogen-bond acceptors (Lipinski definition) is 4. The van der Waals surface area contributed by atoms with Crippen molar-refractivity contribution in [2.45, 2.75) is 39.2 Å². The molecule has 2 N–H and O–H groups in total. The van der Waals surface area contributed by atoms with E-state index in [0.717, 1.165) is 25.0 Å². The van der Waals surface area contributed by atoms with Crippen LogP contribution in [0.4, 0.5) is 9.93 Å². The number of carbonyl (C=O) groups is 1. The number of nitrogens with zero attached hydrogens (tertiary/aromatic N) is 2. The van der Waals surface area contributed by atoms with Crippen molar-refractivity contribution in [3.8, 4) is 0 Å². The highest BCUT2D eigenvalue weighted by atomic mass is 32.1. The summed E-state index contributed by atoms with van der Waals surface area (Å²) in [5.74, 6) is 0.315. The maximum absolute atomic E-state index is 12.1. The molecular formula is C13H21N3O2S. The molecule has 0 radical (unpaired) electrons. The average Bonchev–Trinajstić information content (AvgIpc) is 2.86. The fourth-order valence-electron chi connectivity index (χ4n) is 2.28. The summed E-state index contributed by atoms with van der Waals surface area (Å²) < 4.78 is 0. The van der Waals surface area contributed by atoms with Gasteiger partial charge in [0.2, 0.25) is 0 Å². The average molecular weight is 283 g/mol. The Labute approximate surface area is 117 Å². The normalized spacial score (nSPS) is 18.4. The molecule has 19 heavy (non-hydrogen) atoms. The number of carbonyl (C=O) groups excluding carboxylic acids is 1. The van der Waals surface area contributed by atoms with Gasteiger partial charge in [-0.2, -0.15) is 0 Å². The van der Waals surface area contributed by atoms with Crippen LogP contribution in [-0.4, -0.2) is 40.2 Å². The number of aromatic nitrogens is 1. The van der Waals surface area contributed by atoms with E-state index in [1.807, 2.05) is 19.2 Å². The zero-order chi connectivity index (χ0) is 13.8. The van der Waals surface area contributed by atoms with Gasteiger partial charge in [0.15, 0.2) is 5.13 Å². The number of amides is 2. The Bertz CT molecular complexity index is 425. The fraction of sp³-hybridized carbons (Fsp3) is 0.692. The van der Waals surface area contributed by atoms with E-state index < -0.39 is 0 Å². The lowest BCUT2D eigenvalue weighted by Crippen LogP contribution is -2.42. The molecule has 1 aromatic rings. The molecular weight excluding hydrogens is 262 g/mol.